The van der Waals surface area contributed by atoms with Crippen LogP contribution in [-0.2, 0) is 14.8 Å². The number of nitrogens with one attached hydrogen (secondary N) is 1. The summed E-state index contributed by atoms with van der Waals surface area (Å²) in [7, 11) is -2.23. The minimum absolute atomic E-state index is 0.0462. The zero-order valence-corrected chi connectivity index (χ0v) is 12.4. The van der Waals surface area contributed by atoms with Gasteiger partial charge in [-0.05, 0) is 24.6 Å². The van der Waals surface area contributed by atoms with Crippen LogP contribution in [0.2, 0.25) is 0 Å². The lowest BCUT2D eigenvalue weighted by molar-refractivity contribution is -0.119. The molecule has 7 nitrogen and oxygen atoms in total. The minimum atomic E-state index is -3.79. The zero-order valence-electron chi connectivity index (χ0n) is 11.6. The average Bonchev–Trinajstić information content (AvgIpc) is 2.37. The molecule has 1 amide bonds. The van der Waals surface area contributed by atoms with Gasteiger partial charge in [-0.15, -0.1) is 0 Å². The van der Waals surface area contributed by atoms with Gasteiger partial charge in [-0.3, -0.25) is 4.79 Å². The van der Waals surface area contributed by atoms with Crippen molar-refractivity contribution >= 4 is 27.3 Å². The van der Waals surface area contributed by atoms with E-state index in [2.05, 4.69) is 5.32 Å². The molecule has 0 saturated heterocycles. The molecule has 1 rings (SSSR count). The summed E-state index contributed by atoms with van der Waals surface area (Å²) in [5.74, 6) is -0.145. The Hall–Kier alpha value is -1.80. The number of anilines is 2. The SMILES string of the molecule is CCCN(CC(=O)NC)c1ccc(S(N)(=O)=O)cc1N. The van der Waals surface area contributed by atoms with E-state index in [-0.39, 0.29) is 23.0 Å². The fourth-order valence-corrected chi connectivity index (χ4v) is 2.35. The van der Waals surface area contributed by atoms with E-state index in [1.165, 1.54) is 12.1 Å². The van der Waals surface area contributed by atoms with Crippen LogP contribution in [0.5, 0.6) is 0 Å². The van der Waals surface area contributed by atoms with E-state index in [1.807, 2.05) is 6.92 Å². The number of hydrogen-bond donors (Lipinski definition) is 3. The number of nitrogen functional groups attached to an aromatic ring is 1. The molecule has 0 atom stereocenters. The van der Waals surface area contributed by atoms with Crippen LogP contribution in [0.1, 0.15) is 13.3 Å². The van der Waals surface area contributed by atoms with Gasteiger partial charge < -0.3 is 16.0 Å². The van der Waals surface area contributed by atoms with Gasteiger partial charge in [0.25, 0.3) is 0 Å². The maximum Gasteiger partial charge on any atom is 0.239 e. The van der Waals surface area contributed by atoms with Crippen LogP contribution in [0.15, 0.2) is 23.1 Å². The molecule has 0 saturated carbocycles. The third-order valence-electron chi connectivity index (χ3n) is 2.78. The molecule has 112 valence electrons. The van der Waals surface area contributed by atoms with Crippen LogP contribution in [0.4, 0.5) is 11.4 Å². The lowest BCUT2D eigenvalue weighted by Gasteiger charge is -2.25. The fraction of sp³-hybridized carbons (Fsp3) is 0.417. The van der Waals surface area contributed by atoms with E-state index >= 15 is 0 Å². The number of likely N-dealkylation sites (N-methyl/N-ethyl adjacent to an activating group) is 1. The number of carbonyl (C=O) groups is 1. The predicted octanol–water partition coefficient (Wildman–Crippen LogP) is -0.121. The highest BCUT2D eigenvalue weighted by Gasteiger charge is 2.15. The summed E-state index contributed by atoms with van der Waals surface area (Å²) in [5, 5.41) is 7.59. The monoisotopic (exact) mass is 300 g/mol. The van der Waals surface area contributed by atoms with Crippen LogP contribution < -0.4 is 21.1 Å². The molecule has 0 heterocycles. The Morgan fingerprint density at radius 2 is 2.05 bits per heavy atom. The molecule has 5 N–H and O–H groups in total. The first-order valence-corrected chi connectivity index (χ1v) is 7.72. The smallest absolute Gasteiger partial charge is 0.239 e. The summed E-state index contributed by atoms with van der Waals surface area (Å²) in [4.78, 5) is 13.2. The molecule has 0 bridgehead atoms. The molecule has 8 heteroatoms. The van der Waals surface area contributed by atoms with Gasteiger partial charge in [0.2, 0.25) is 15.9 Å². The molecule has 0 radical (unpaired) electrons. The number of nitrogens with zero attached hydrogens (tertiary/aromatic N) is 1. The van der Waals surface area contributed by atoms with Crippen LogP contribution in [-0.4, -0.2) is 34.5 Å². The van der Waals surface area contributed by atoms with Crippen molar-refractivity contribution < 1.29 is 13.2 Å². The van der Waals surface area contributed by atoms with Crippen LogP contribution >= 0.6 is 0 Å². The van der Waals surface area contributed by atoms with E-state index < -0.39 is 10.0 Å². The standard InChI is InChI=1S/C12H20N4O3S/c1-3-6-16(8-12(17)15-2)11-5-4-9(7-10(11)13)20(14,18)19/h4-5,7H,3,6,8,13H2,1-2H3,(H,15,17)(H2,14,18,19). The third kappa shape index (κ3) is 4.10. The highest BCUT2D eigenvalue weighted by molar-refractivity contribution is 7.89. The molecule has 0 fully saturated rings. The van der Waals surface area contributed by atoms with Crippen LogP contribution in [0, 0.1) is 0 Å². The normalized spacial score (nSPS) is 11.2. The number of primary sulfonamides is 1. The summed E-state index contributed by atoms with van der Waals surface area (Å²) in [5.41, 5.74) is 6.76. The number of benzene rings is 1. The summed E-state index contributed by atoms with van der Waals surface area (Å²) < 4.78 is 22.5. The topological polar surface area (TPSA) is 119 Å². The first-order valence-electron chi connectivity index (χ1n) is 6.17. The second-order valence-electron chi connectivity index (χ2n) is 4.36. The molecule has 0 aliphatic heterocycles. The Kier molecular flexibility index (Phi) is 5.34. The second kappa shape index (κ2) is 6.58. The van der Waals surface area contributed by atoms with Gasteiger partial charge in [0.05, 0.1) is 22.8 Å². The molecular formula is C12H20N4O3S. The van der Waals surface area contributed by atoms with E-state index in [1.54, 1.807) is 18.0 Å². The van der Waals surface area contributed by atoms with E-state index in [9.17, 15) is 13.2 Å². The van der Waals surface area contributed by atoms with Gasteiger partial charge in [0.15, 0.2) is 0 Å². The van der Waals surface area contributed by atoms with Gasteiger partial charge in [-0.25, -0.2) is 13.6 Å². The number of rotatable bonds is 6. The molecule has 20 heavy (non-hydrogen) atoms. The van der Waals surface area contributed by atoms with Crippen LogP contribution in [0.25, 0.3) is 0 Å². The maximum atomic E-state index is 11.5. The largest absolute Gasteiger partial charge is 0.397 e. The Morgan fingerprint density at radius 3 is 2.50 bits per heavy atom. The van der Waals surface area contributed by atoms with Crippen molar-refractivity contribution in [3.63, 3.8) is 0 Å². The lowest BCUT2D eigenvalue weighted by atomic mass is 10.2. The Morgan fingerprint density at radius 1 is 1.40 bits per heavy atom. The molecule has 0 aromatic heterocycles. The maximum absolute atomic E-state index is 11.5. The number of hydrogen-bond acceptors (Lipinski definition) is 5. The highest BCUT2D eigenvalue weighted by atomic mass is 32.2. The number of carbonyl (C=O) groups excluding carboxylic acids is 1. The van der Waals surface area contributed by atoms with E-state index in [4.69, 9.17) is 10.9 Å². The highest BCUT2D eigenvalue weighted by Crippen LogP contribution is 2.26. The molecule has 1 aromatic carbocycles. The summed E-state index contributed by atoms with van der Waals surface area (Å²) in [6, 6.07) is 4.25. The number of nitrogens with two attached hydrogens (primary N) is 2. The number of sulfonamides is 1. The first kappa shape index (κ1) is 16.3. The lowest BCUT2D eigenvalue weighted by Crippen LogP contribution is -2.36. The van der Waals surface area contributed by atoms with Crippen molar-refractivity contribution in [1.82, 2.24) is 5.32 Å². The second-order valence-corrected chi connectivity index (χ2v) is 5.92. The fourth-order valence-electron chi connectivity index (χ4n) is 1.80. The van der Waals surface area contributed by atoms with Gasteiger partial charge in [0.1, 0.15) is 0 Å². The van der Waals surface area contributed by atoms with Crippen molar-refractivity contribution in [1.29, 1.82) is 0 Å². The van der Waals surface area contributed by atoms with Crippen molar-refractivity contribution in [2.45, 2.75) is 18.2 Å². The molecule has 0 unspecified atom stereocenters. The predicted molar refractivity (Wildman–Crippen MR) is 78.8 cm³/mol. The van der Waals surface area contributed by atoms with Crippen molar-refractivity contribution in [3.8, 4) is 0 Å². The summed E-state index contributed by atoms with van der Waals surface area (Å²) in [6.07, 6.45) is 0.827. The van der Waals surface area contributed by atoms with E-state index in [0.717, 1.165) is 6.42 Å². The molecule has 0 aliphatic carbocycles. The Labute approximate surface area is 119 Å². The van der Waals surface area contributed by atoms with Gasteiger partial charge in [0, 0.05) is 13.6 Å². The third-order valence-corrected chi connectivity index (χ3v) is 3.69. The quantitative estimate of drug-likeness (QED) is 0.633. The van der Waals surface area contributed by atoms with E-state index in [0.29, 0.717) is 12.2 Å². The Balaban J connectivity index is 3.12. The van der Waals surface area contributed by atoms with Gasteiger partial charge in [-0.2, -0.15) is 0 Å². The van der Waals surface area contributed by atoms with Crippen molar-refractivity contribution in [2.24, 2.45) is 5.14 Å². The van der Waals surface area contributed by atoms with Crippen LogP contribution in [0.3, 0.4) is 0 Å². The summed E-state index contributed by atoms with van der Waals surface area (Å²) in [6.45, 7) is 2.77. The zero-order chi connectivity index (χ0) is 15.3. The Bertz CT molecular complexity index is 586. The first-order chi connectivity index (χ1) is 9.29. The molecule has 0 aliphatic rings. The molecular weight excluding hydrogens is 280 g/mol. The summed E-state index contributed by atoms with van der Waals surface area (Å²) >= 11 is 0. The van der Waals surface area contributed by atoms with Crippen molar-refractivity contribution in [3.05, 3.63) is 18.2 Å². The average molecular weight is 300 g/mol. The van der Waals surface area contributed by atoms with Gasteiger partial charge in [-0.1, -0.05) is 6.92 Å². The number of amides is 1. The minimum Gasteiger partial charge on any atom is -0.397 e. The van der Waals surface area contributed by atoms with Gasteiger partial charge >= 0.3 is 0 Å². The van der Waals surface area contributed by atoms with Crippen molar-refractivity contribution in [2.75, 3.05) is 30.8 Å². The molecule has 1 aromatic rings. The molecule has 0 spiro atoms.